The second-order valence-corrected chi connectivity index (χ2v) is 7.02. The van der Waals surface area contributed by atoms with Gasteiger partial charge in [-0.15, -0.1) is 0 Å². The van der Waals surface area contributed by atoms with Crippen LogP contribution in [-0.4, -0.2) is 38.5 Å². The zero-order valence-electron chi connectivity index (χ0n) is 12.0. The molecule has 1 unspecified atom stereocenters. The molecule has 0 aromatic heterocycles. The molecule has 0 amide bonds. The monoisotopic (exact) mass is 298 g/mol. The highest BCUT2D eigenvalue weighted by Crippen LogP contribution is 2.24. The minimum Gasteiger partial charge on any atom is -0.399 e. The van der Waals surface area contributed by atoms with Gasteiger partial charge in [0, 0.05) is 25.4 Å². The third-order valence-corrected chi connectivity index (χ3v) is 5.70. The molecule has 0 aliphatic carbocycles. The highest BCUT2D eigenvalue weighted by molar-refractivity contribution is 7.89. The number of aryl methyl sites for hydroxylation is 1. The first kappa shape index (κ1) is 15.3. The van der Waals surface area contributed by atoms with Gasteiger partial charge < -0.3 is 10.5 Å². The van der Waals surface area contributed by atoms with E-state index in [-0.39, 0.29) is 11.0 Å². The van der Waals surface area contributed by atoms with Gasteiger partial charge in [0.05, 0.1) is 11.0 Å². The molecule has 1 aromatic rings. The molecule has 6 heteroatoms. The summed E-state index contributed by atoms with van der Waals surface area (Å²) in [5.41, 5.74) is 6.90. The molecule has 1 heterocycles. The summed E-state index contributed by atoms with van der Waals surface area (Å²) < 4.78 is 32.5. The number of likely N-dealkylation sites (N-methyl/N-ethyl adjacent to an activating group) is 1. The smallest absolute Gasteiger partial charge is 0.243 e. The van der Waals surface area contributed by atoms with Gasteiger partial charge in [-0.3, -0.25) is 0 Å². The number of nitrogens with zero attached hydrogens (tertiary/aromatic N) is 1. The summed E-state index contributed by atoms with van der Waals surface area (Å²) in [7, 11) is -3.52. The predicted octanol–water partition coefficient (Wildman–Crippen LogP) is 1.77. The zero-order valence-corrected chi connectivity index (χ0v) is 12.8. The average molecular weight is 298 g/mol. The largest absolute Gasteiger partial charge is 0.399 e. The fraction of sp³-hybridized carbons (Fsp3) is 0.571. The maximum Gasteiger partial charge on any atom is 0.243 e. The Hall–Kier alpha value is -1.11. The molecule has 0 radical (unpaired) electrons. The number of benzene rings is 1. The van der Waals surface area contributed by atoms with Crippen molar-refractivity contribution < 1.29 is 13.2 Å². The van der Waals surface area contributed by atoms with Gasteiger partial charge in [-0.1, -0.05) is 13.0 Å². The number of nitrogens with two attached hydrogens (primary N) is 1. The lowest BCUT2D eigenvalue weighted by atomic mass is 10.2. The van der Waals surface area contributed by atoms with E-state index in [2.05, 4.69) is 0 Å². The van der Waals surface area contributed by atoms with Gasteiger partial charge in [-0.05, 0) is 37.5 Å². The Morgan fingerprint density at radius 2 is 2.20 bits per heavy atom. The first-order chi connectivity index (χ1) is 9.45. The van der Waals surface area contributed by atoms with E-state index in [9.17, 15) is 8.42 Å². The van der Waals surface area contributed by atoms with Gasteiger partial charge in [0.15, 0.2) is 0 Å². The summed E-state index contributed by atoms with van der Waals surface area (Å²) in [5.74, 6) is 0. The quantitative estimate of drug-likeness (QED) is 0.841. The second-order valence-electron chi connectivity index (χ2n) is 5.12. The van der Waals surface area contributed by atoms with E-state index in [0.717, 1.165) is 19.4 Å². The molecule has 0 saturated carbocycles. The summed E-state index contributed by atoms with van der Waals surface area (Å²) in [6, 6.07) is 4.98. The third kappa shape index (κ3) is 3.13. The normalized spacial score (nSPS) is 19.6. The van der Waals surface area contributed by atoms with Crippen LogP contribution in [0.5, 0.6) is 0 Å². The Morgan fingerprint density at radius 1 is 1.45 bits per heavy atom. The molecule has 2 rings (SSSR count). The van der Waals surface area contributed by atoms with E-state index < -0.39 is 10.0 Å². The first-order valence-electron chi connectivity index (χ1n) is 6.93. The molecule has 20 heavy (non-hydrogen) atoms. The highest BCUT2D eigenvalue weighted by Gasteiger charge is 2.29. The average Bonchev–Trinajstić information content (AvgIpc) is 2.91. The predicted molar refractivity (Wildman–Crippen MR) is 79.0 cm³/mol. The first-order valence-corrected chi connectivity index (χ1v) is 8.37. The molecule has 2 N–H and O–H groups in total. The lowest BCUT2D eigenvalue weighted by molar-refractivity contribution is 0.0946. The number of nitrogen functional groups attached to an aromatic ring is 1. The Kier molecular flexibility index (Phi) is 4.67. The van der Waals surface area contributed by atoms with E-state index in [1.54, 1.807) is 19.1 Å². The number of sulfonamides is 1. The lowest BCUT2D eigenvalue weighted by Gasteiger charge is -2.24. The van der Waals surface area contributed by atoms with Crippen LogP contribution >= 0.6 is 0 Å². The van der Waals surface area contributed by atoms with Crippen molar-refractivity contribution in [3.63, 3.8) is 0 Å². The summed E-state index contributed by atoms with van der Waals surface area (Å²) in [4.78, 5) is 0.289. The van der Waals surface area contributed by atoms with Crippen molar-refractivity contribution in [2.45, 2.75) is 37.7 Å². The molecular formula is C14H22N2O3S. The van der Waals surface area contributed by atoms with Gasteiger partial charge in [-0.2, -0.15) is 4.31 Å². The summed E-state index contributed by atoms with van der Waals surface area (Å²) >= 11 is 0. The van der Waals surface area contributed by atoms with Crippen molar-refractivity contribution >= 4 is 15.7 Å². The van der Waals surface area contributed by atoms with E-state index in [4.69, 9.17) is 10.5 Å². The van der Waals surface area contributed by atoms with Crippen molar-refractivity contribution in [3.8, 4) is 0 Å². The standard InChI is InChI=1S/C14H22N2O3S/c1-3-16(10-13-5-4-8-19-13)20(17,18)14-9-12(15)7-6-11(14)2/h6-7,9,13H,3-5,8,10,15H2,1-2H3. The van der Waals surface area contributed by atoms with E-state index >= 15 is 0 Å². The topological polar surface area (TPSA) is 72.6 Å². The zero-order chi connectivity index (χ0) is 14.8. The van der Waals surface area contributed by atoms with Crippen LogP contribution in [0.2, 0.25) is 0 Å². The van der Waals surface area contributed by atoms with Crippen molar-refractivity contribution in [1.82, 2.24) is 4.31 Å². The van der Waals surface area contributed by atoms with E-state index in [1.807, 2.05) is 6.92 Å². The molecule has 0 bridgehead atoms. The Balaban J connectivity index is 2.28. The molecule has 1 saturated heterocycles. The van der Waals surface area contributed by atoms with Crippen molar-refractivity contribution in [3.05, 3.63) is 23.8 Å². The highest BCUT2D eigenvalue weighted by atomic mass is 32.2. The molecule has 112 valence electrons. The van der Waals surface area contributed by atoms with Gasteiger partial charge in [0.25, 0.3) is 0 Å². The molecular weight excluding hydrogens is 276 g/mol. The van der Waals surface area contributed by atoms with Gasteiger partial charge in [0.1, 0.15) is 0 Å². The van der Waals surface area contributed by atoms with Crippen LogP contribution in [0.25, 0.3) is 0 Å². The lowest BCUT2D eigenvalue weighted by Crippen LogP contribution is -2.37. The summed E-state index contributed by atoms with van der Waals surface area (Å²) in [6.07, 6.45) is 1.92. The minimum absolute atomic E-state index is 0.00564. The molecule has 1 aliphatic rings. The minimum atomic E-state index is -3.52. The molecule has 0 spiro atoms. The SMILES string of the molecule is CCN(CC1CCCO1)S(=O)(=O)c1cc(N)ccc1C. The van der Waals surface area contributed by atoms with Crippen LogP contribution in [0.15, 0.2) is 23.1 Å². The van der Waals surface area contributed by atoms with Gasteiger partial charge >= 0.3 is 0 Å². The van der Waals surface area contributed by atoms with Crippen molar-refractivity contribution in [1.29, 1.82) is 0 Å². The fourth-order valence-corrected chi connectivity index (χ4v) is 4.19. The molecule has 1 atom stereocenters. The maximum atomic E-state index is 12.7. The van der Waals surface area contributed by atoms with Crippen LogP contribution in [0.1, 0.15) is 25.3 Å². The Bertz CT molecular complexity index is 566. The molecule has 1 aromatic carbocycles. The number of rotatable bonds is 5. The van der Waals surface area contributed by atoms with Crippen LogP contribution in [0.3, 0.4) is 0 Å². The molecule has 5 nitrogen and oxygen atoms in total. The summed E-state index contributed by atoms with van der Waals surface area (Å²) in [5, 5.41) is 0. The van der Waals surface area contributed by atoms with Crippen LogP contribution in [0.4, 0.5) is 5.69 Å². The number of hydrogen-bond acceptors (Lipinski definition) is 4. The van der Waals surface area contributed by atoms with Crippen LogP contribution in [0, 0.1) is 6.92 Å². The van der Waals surface area contributed by atoms with Gasteiger partial charge in [0.2, 0.25) is 10.0 Å². The Morgan fingerprint density at radius 3 is 2.80 bits per heavy atom. The summed E-state index contributed by atoms with van der Waals surface area (Å²) in [6.45, 7) is 5.18. The van der Waals surface area contributed by atoms with Crippen molar-refractivity contribution in [2.24, 2.45) is 0 Å². The van der Waals surface area contributed by atoms with Crippen LogP contribution in [-0.2, 0) is 14.8 Å². The maximum absolute atomic E-state index is 12.7. The molecule has 1 aliphatic heterocycles. The van der Waals surface area contributed by atoms with E-state index in [0.29, 0.717) is 24.3 Å². The second kappa shape index (κ2) is 6.11. The number of ether oxygens (including phenoxy) is 1. The molecule has 1 fully saturated rings. The number of hydrogen-bond donors (Lipinski definition) is 1. The van der Waals surface area contributed by atoms with Crippen LogP contribution < -0.4 is 5.73 Å². The number of anilines is 1. The van der Waals surface area contributed by atoms with Crippen molar-refractivity contribution in [2.75, 3.05) is 25.4 Å². The van der Waals surface area contributed by atoms with E-state index in [1.165, 1.54) is 10.4 Å². The fourth-order valence-electron chi connectivity index (χ4n) is 2.45. The Labute approximate surface area is 120 Å². The third-order valence-electron chi connectivity index (χ3n) is 3.61. The van der Waals surface area contributed by atoms with Gasteiger partial charge in [-0.25, -0.2) is 8.42 Å².